The van der Waals surface area contributed by atoms with Crippen LogP contribution >= 0.6 is 11.6 Å². The van der Waals surface area contributed by atoms with Gasteiger partial charge in [0.15, 0.2) is 0 Å². The molecule has 0 saturated heterocycles. The first-order valence-electron chi connectivity index (χ1n) is 5.75. The quantitative estimate of drug-likeness (QED) is 0.809. The standard InChI is InChI=1S/C13H17ClO4/c1-3-18-13(16)7-5-11(15)9-4-6-12(17-2)10(14)8-9/h4,6,8,11,15H,3,5,7H2,1-2H3. The number of aliphatic hydroxyl groups excluding tert-OH is 1. The number of esters is 1. The summed E-state index contributed by atoms with van der Waals surface area (Å²) < 4.78 is 9.81. The highest BCUT2D eigenvalue weighted by atomic mass is 35.5. The molecule has 0 spiro atoms. The van der Waals surface area contributed by atoms with E-state index in [-0.39, 0.29) is 12.4 Å². The number of aliphatic hydroxyl groups is 1. The van der Waals surface area contributed by atoms with Gasteiger partial charge in [0, 0.05) is 6.42 Å². The van der Waals surface area contributed by atoms with Crippen molar-refractivity contribution in [1.29, 1.82) is 0 Å². The van der Waals surface area contributed by atoms with Gasteiger partial charge in [-0.05, 0) is 31.0 Å². The van der Waals surface area contributed by atoms with E-state index in [0.29, 0.717) is 29.4 Å². The molecule has 0 aliphatic carbocycles. The number of halogens is 1. The third-order valence-corrected chi connectivity index (χ3v) is 2.78. The second-order valence-corrected chi connectivity index (χ2v) is 4.16. The Morgan fingerprint density at radius 1 is 1.50 bits per heavy atom. The number of hydrogen-bond acceptors (Lipinski definition) is 4. The predicted molar refractivity (Wildman–Crippen MR) is 68.8 cm³/mol. The maximum atomic E-state index is 11.2. The first kappa shape index (κ1) is 14.8. The highest BCUT2D eigenvalue weighted by Crippen LogP contribution is 2.29. The molecule has 1 rings (SSSR count). The van der Waals surface area contributed by atoms with Crippen LogP contribution in [0.25, 0.3) is 0 Å². The molecule has 100 valence electrons. The molecule has 0 aliphatic rings. The summed E-state index contributed by atoms with van der Waals surface area (Å²) in [5, 5.41) is 10.4. The molecule has 1 N–H and O–H groups in total. The minimum atomic E-state index is -0.738. The molecule has 1 aromatic rings. The molecule has 1 atom stereocenters. The number of ether oxygens (including phenoxy) is 2. The van der Waals surface area contributed by atoms with Crippen molar-refractivity contribution in [3.05, 3.63) is 28.8 Å². The lowest BCUT2D eigenvalue weighted by Crippen LogP contribution is -2.07. The van der Waals surface area contributed by atoms with Crippen molar-refractivity contribution >= 4 is 17.6 Å². The average molecular weight is 273 g/mol. The van der Waals surface area contributed by atoms with E-state index < -0.39 is 6.10 Å². The second kappa shape index (κ2) is 7.24. The fourth-order valence-electron chi connectivity index (χ4n) is 1.54. The molecule has 0 aliphatic heterocycles. The molecule has 4 nitrogen and oxygen atoms in total. The van der Waals surface area contributed by atoms with Gasteiger partial charge in [0.05, 0.1) is 24.8 Å². The van der Waals surface area contributed by atoms with E-state index in [1.54, 1.807) is 25.1 Å². The summed E-state index contributed by atoms with van der Waals surface area (Å²) >= 11 is 5.96. The molecule has 0 saturated carbocycles. The van der Waals surface area contributed by atoms with Crippen LogP contribution in [0, 0.1) is 0 Å². The lowest BCUT2D eigenvalue weighted by atomic mass is 10.0. The molecule has 1 aromatic carbocycles. The molecule has 0 amide bonds. The lowest BCUT2D eigenvalue weighted by molar-refractivity contribution is -0.143. The van der Waals surface area contributed by atoms with E-state index in [4.69, 9.17) is 21.1 Å². The fourth-order valence-corrected chi connectivity index (χ4v) is 1.81. The van der Waals surface area contributed by atoms with Crippen molar-refractivity contribution in [2.45, 2.75) is 25.9 Å². The van der Waals surface area contributed by atoms with Crippen LogP contribution < -0.4 is 4.74 Å². The molecule has 0 aromatic heterocycles. The molecule has 0 heterocycles. The Bertz CT molecular complexity index is 406. The summed E-state index contributed by atoms with van der Waals surface area (Å²) in [6.45, 7) is 2.10. The zero-order chi connectivity index (χ0) is 13.5. The zero-order valence-corrected chi connectivity index (χ0v) is 11.2. The average Bonchev–Trinajstić information content (AvgIpc) is 2.36. The second-order valence-electron chi connectivity index (χ2n) is 3.75. The Morgan fingerprint density at radius 3 is 2.78 bits per heavy atom. The lowest BCUT2D eigenvalue weighted by Gasteiger charge is -2.12. The van der Waals surface area contributed by atoms with Crippen LogP contribution in [0.5, 0.6) is 5.75 Å². The molecule has 0 fully saturated rings. The minimum Gasteiger partial charge on any atom is -0.495 e. The molecule has 5 heteroatoms. The van der Waals surface area contributed by atoms with Crippen LogP contribution in [0.15, 0.2) is 18.2 Å². The SMILES string of the molecule is CCOC(=O)CCC(O)c1ccc(OC)c(Cl)c1. The number of carbonyl (C=O) groups is 1. The van der Waals surface area contributed by atoms with Crippen molar-refractivity contribution in [1.82, 2.24) is 0 Å². The maximum Gasteiger partial charge on any atom is 0.305 e. The smallest absolute Gasteiger partial charge is 0.305 e. The summed E-state index contributed by atoms with van der Waals surface area (Å²) in [4.78, 5) is 11.2. The van der Waals surface area contributed by atoms with E-state index in [0.717, 1.165) is 0 Å². The third-order valence-electron chi connectivity index (χ3n) is 2.49. The Hall–Kier alpha value is -1.26. The Kier molecular flexibility index (Phi) is 5.95. The summed E-state index contributed by atoms with van der Waals surface area (Å²) in [5.41, 5.74) is 0.657. The monoisotopic (exact) mass is 272 g/mol. The molecular weight excluding hydrogens is 256 g/mol. The normalized spacial score (nSPS) is 12.0. The fraction of sp³-hybridized carbons (Fsp3) is 0.462. The highest BCUT2D eigenvalue weighted by molar-refractivity contribution is 6.32. The summed E-state index contributed by atoms with van der Waals surface area (Å²) in [6.07, 6.45) is -0.252. The Labute approximate surface area is 111 Å². The highest BCUT2D eigenvalue weighted by Gasteiger charge is 2.12. The van der Waals surface area contributed by atoms with Gasteiger partial charge in [-0.25, -0.2) is 0 Å². The zero-order valence-electron chi connectivity index (χ0n) is 10.5. The van der Waals surface area contributed by atoms with Gasteiger partial charge in [0.25, 0.3) is 0 Å². The van der Waals surface area contributed by atoms with Crippen molar-refractivity contribution in [3.8, 4) is 5.75 Å². The number of rotatable bonds is 6. The first-order valence-corrected chi connectivity index (χ1v) is 6.13. The Balaban J connectivity index is 2.58. The van der Waals surface area contributed by atoms with Gasteiger partial charge in [-0.3, -0.25) is 4.79 Å². The number of carbonyl (C=O) groups excluding carboxylic acids is 1. The van der Waals surface area contributed by atoms with Gasteiger partial charge in [-0.15, -0.1) is 0 Å². The van der Waals surface area contributed by atoms with Crippen LogP contribution in [0.1, 0.15) is 31.4 Å². The van der Waals surface area contributed by atoms with E-state index in [1.165, 1.54) is 7.11 Å². The van der Waals surface area contributed by atoms with Gasteiger partial charge in [-0.2, -0.15) is 0 Å². The van der Waals surface area contributed by atoms with Gasteiger partial charge in [0.2, 0.25) is 0 Å². The number of hydrogen-bond donors (Lipinski definition) is 1. The number of benzene rings is 1. The topological polar surface area (TPSA) is 55.8 Å². The van der Waals surface area contributed by atoms with Crippen molar-refractivity contribution in [2.75, 3.05) is 13.7 Å². The molecule has 0 radical (unpaired) electrons. The molecule has 1 unspecified atom stereocenters. The maximum absolute atomic E-state index is 11.2. The van der Waals surface area contributed by atoms with E-state index in [9.17, 15) is 9.90 Å². The van der Waals surface area contributed by atoms with Gasteiger partial charge >= 0.3 is 5.97 Å². The Morgan fingerprint density at radius 2 is 2.22 bits per heavy atom. The first-order chi connectivity index (χ1) is 8.58. The van der Waals surface area contributed by atoms with Gasteiger partial charge in [0.1, 0.15) is 5.75 Å². The van der Waals surface area contributed by atoms with Crippen LogP contribution in [-0.2, 0) is 9.53 Å². The summed E-state index contributed by atoms with van der Waals surface area (Å²) in [6, 6.07) is 5.04. The largest absolute Gasteiger partial charge is 0.495 e. The predicted octanol–water partition coefficient (Wildman–Crippen LogP) is 2.73. The van der Waals surface area contributed by atoms with E-state index in [2.05, 4.69) is 0 Å². The van der Waals surface area contributed by atoms with E-state index >= 15 is 0 Å². The summed E-state index contributed by atoms with van der Waals surface area (Å²) in [7, 11) is 1.53. The van der Waals surface area contributed by atoms with Crippen LogP contribution in [0.4, 0.5) is 0 Å². The minimum absolute atomic E-state index is 0.179. The van der Waals surface area contributed by atoms with Crippen molar-refractivity contribution in [2.24, 2.45) is 0 Å². The summed E-state index contributed by atoms with van der Waals surface area (Å²) in [5.74, 6) is 0.245. The van der Waals surface area contributed by atoms with E-state index in [1.807, 2.05) is 0 Å². The number of methoxy groups -OCH3 is 1. The molecule has 18 heavy (non-hydrogen) atoms. The van der Waals surface area contributed by atoms with Gasteiger partial charge in [-0.1, -0.05) is 17.7 Å². The third kappa shape index (κ3) is 4.20. The van der Waals surface area contributed by atoms with Crippen molar-refractivity contribution in [3.63, 3.8) is 0 Å². The van der Waals surface area contributed by atoms with Gasteiger partial charge < -0.3 is 14.6 Å². The molecular formula is C13H17ClO4. The van der Waals surface area contributed by atoms with Crippen LogP contribution in [0.3, 0.4) is 0 Å². The van der Waals surface area contributed by atoms with Crippen LogP contribution in [0.2, 0.25) is 5.02 Å². The molecule has 0 bridgehead atoms. The van der Waals surface area contributed by atoms with Crippen molar-refractivity contribution < 1.29 is 19.4 Å². The van der Waals surface area contributed by atoms with Crippen LogP contribution in [-0.4, -0.2) is 24.8 Å².